The maximum atomic E-state index is 6.07. The fourth-order valence-corrected chi connectivity index (χ4v) is 2.37. The monoisotopic (exact) mass is 257 g/mol. The van der Waals surface area contributed by atoms with Gasteiger partial charge in [0.25, 0.3) is 0 Å². The van der Waals surface area contributed by atoms with E-state index in [1.807, 2.05) is 26.0 Å². The van der Waals surface area contributed by atoms with Gasteiger partial charge in [-0.2, -0.15) is 0 Å². The molecular formula is C10H12BrNO2. The van der Waals surface area contributed by atoms with Crippen LogP contribution in [0.1, 0.15) is 19.4 Å². The van der Waals surface area contributed by atoms with E-state index in [-0.39, 0.29) is 6.79 Å². The number of benzene rings is 1. The summed E-state index contributed by atoms with van der Waals surface area (Å²) in [6, 6.07) is 3.80. The second-order valence-electron chi connectivity index (χ2n) is 3.88. The van der Waals surface area contributed by atoms with Gasteiger partial charge < -0.3 is 15.2 Å². The molecule has 0 fully saturated rings. The van der Waals surface area contributed by atoms with Gasteiger partial charge in [-0.15, -0.1) is 0 Å². The molecule has 1 heterocycles. The lowest BCUT2D eigenvalue weighted by atomic mass is 9.94. The lowest BCUT2D eigenvalue weighted by Crippen LogP contribution is -2.29. The Morgan fingerprint density at radius 3 is 2.71 bits per heavy atom. The minimum Gasteiger partial charge on any atom is -0.454 e. The molecule has 1 aromatic carbocycles. The minimum atomic E-state index is -0.447. The van der Waals surface area contributed by atoms with E-state index in [1.54, 1.807) is 0 Å². The highest BCUT2D eigenvalue weighted by atomic mass is 79.9. The van der Waals surface area contributed by atoms with Crippen LogP contribution in [0.25, 0.3) is 0 Å². The molecule has 2 N–H and O–H groups in total. The fraction of sp³-hybridized carbons (Fsp3) is 0.400. The number of ether oxygens (including phenoxy) is 2. The van der Waals surface area contributed by atoms with Gasteiger partial charge in [0.2, 0.25) is 6.79 Å². The summed E-state index contributed by atoms with van der Waals surface area (Å²) >= 11 is 3.47. The van der Waals surface area contributed by atoms with Crippen molar-refractivity contribution in [2.75, 3.05) is 6.79 Å². The molecule has 0 spiro atoms. The Bertz CT molecular complexity index is 371. The highest BCUT2D eigenvalue weighted by Gasteiger charge is 2.28. The Morgan fingerprint density at radius 1 is 1.36 bits per heavy atom. The van der Waals surface area contributed by atoms with Crippen molar-refractivity contribution in [3.05, 3.63) is 22.2 Å². The molecule has 3 nitrogen and oxygen atoms in total. The SMILES string of the molecule is CC(C)(N)c1c(Br)ccc2c1OCO2. The third kappa shape index (κ3) is 1.48. The van der Waals surface area contributed by atoms with Crippen molar-refractivity contribution in [2.24, 2.45) is 5.73 Å². The number of hydrogen-bond donors (Lipinski definition) is 1. The van der Waals surface area contributed by atoms with Crippen LogP contribution in [0.4, 0.5) is 0 Å². The van der Waals surface area contributed by atoms with Crippen LogP contribution in [-0.2, 0) is 5.54 Å². The Kier molecular flexibility index (Phi) is 2.20. The Balaban J connectivity index is 2.63. The van der Waals surface area contributed by atoms with Crippen LogP contribution in [0.15, 0.2) is 16.6 Å². The van der Waals surface area contributed by atoms with Crippen LogP contribution in [0, 0.1) is 0 Å². The van der Waals surface area contributed by atoms with Crippen LogP contribution in [0.3, 0.4) is 0 Å². The van der Waals surface area contributed by atoms with Gasteiger partial charge in [0.05, 0.1) is 0 Å². The van der Waals surface area contributed by atoms with Crippen LogP contribution in [0.5, 0.6) is 11.5 Å². The summed E-state index contributed by atoms with van der Waals surface area (Å²) in [6.07, 6.45) is 0. The van der Waals surface area contributed by atoms with Crippen molar-refractivity contribution in [3.63, 3.8) is 0 Å². The minimum absolute atomic E-state index is 0.273. The van der Waals surface area contributed by atoms with Gasteiger partial charge in [0, 0.05) is 15.6 Å². The quantitative estimate of drug-likeness (QED) is 0.841. The first-order valence-electron chi connectivity index (χ1n) is 4.37. The number of hydrogen-bond acceptors (Lipinski definition) is 3. The van der Waals surface area contributed by atoms with Gasteiger partial charge in [-0.1, -0.05) is 15.9 Å². The molecular weight excluding hydrogens is 246 g/mol. The van der Waals surface area contributed by atoms with Crippen molar-refractivity contribution in [2.45, 2.75) is 19.4 Å². The number of fused-ring (bicyclic) bond motifs is 1. The van der Waals surface area contributed by atoms with E-state index in [4.69, 9.17) is 15.2 Å². The molecule has 1 aromatic rings. The number of halogens is 1. The molecule has 14 heavy (non-hydrogen) atoms. The second-order valence-corrected chi connectivity index (χ2v) is 4.73. The molecule has 0 radical (unpaired) electrons. The molecule has 0 saturated heterocycles. The Labute approximate surface area is 91.3 Å². The lowest BCUT2D eigenvalue weighted by Gasteiger charge is -2.22. The summed E-state index contributed by atoms with van der Waals surface area (Å²) in [6.45, 7) is 4.15. The molecule has 0 saturated carbocycles. The van der Waals surface area contributed by atoms with Crippen molar-refractivity contribution in [1.29, 1.82) is 0 Å². The molecule has 0 bridgehead atoms. The highest BCUT2D eigenvalue weighted by molar-refractivity contribution is 9.10. The third-order valence-corrected chi connectivity index (χ3v) is 2.79. The van der Waals surface area contributed by atoms with Crippen LogP contribution >= 0.6 is 15.9 Å². The molecule has 4 heteroatoms. The molecule has 0 unspecified atom stereocenters. The summed E-state index contributed by atoms with van der Waals surface area (Å²) in [7, 11) is 0. The van der Waals surface area contributed by atoms with Crippen LogP contribution in [-0.4, -0.2) is 6.79 Å². The van der Waals surface area contributed by atoms with Crippen molar-refractivity contribution in [3.8, 4) is 11.5 Å². The topological polar surface area (TPSA) is 44.5 Å². The predicted octanol–water partition coefficient (Wildman–Crippen LogP) is 2.37. The molecule has 0 aliphatic carbocycles. The maximum Gasteiger partial charge on any atom is 0.231 e. The van der Waals surface area contributed by atoms with Crippen LogP contribution in [0.2, 0.25) is 0 Å². The first kappa shape index (κ1) is 9.80. The van der Waals surface area contributed by atoms with E-state index in [0.717, 1.165) is 21.5 Å². The first-order chi connectivity index (χ1) is 6.50. The van der Waals surface area contributed by atoms with Crippen molar-refractivity contribution in [1.82, 2.24) is 0 Å². The van der Waals surface area contributed by atoms with Gasteiger partial charge in [0.15, 0.2) is 11.5 Å². The van der Waals surface area contributed by atoms with E-state index in [9.17, 15) is 0 Å². The van der Waals surface area contributed by atoms with E-state index in [1.165, 1.54) is 0 Å². The summed E-state index contributed by atoms with van der Waals surface area (Å²) in [5, 5.41) is 0. The van der Waals surface area contributed by atoms with Crippen molar-refractivity contribution < 1.29 is 9.47 Å². The molecule has 0 aromatic heterocycles. The smallest absolute Gasteiger partial charge is 0.231 e. The van der Waals surface area contributed by atoms with Gasteiger partial charge in [-0.05, 0) is 26.0 Å². The average Bonchev–Trinajstić information content (AvgIpc) is 2.48. The van der Waals surface area contributed by atoms with Gasteiger partial charge in [-0.25, -0.2) is 0 Å². The van der Waals surface area contributed by atoms with Gasteiger partial charge >= 0.3 is 0 Å². The van der Waals surface area contributed by atoms with Crippen LogP contribution < -0.4 is 15.2 Å². The predicted molar refractivity (Wildman–Crippen MR) is 57.5 cm³/mol. The zero-order valence-corrected chi connectivity index (χ0v) is 9.72. The standard InChI is InChI=1S/C10H12BrNO2/c1-10(2,12)8-6(11)3-4-7-9(8)14-5-13-7/h3-4H,5,12H2,1-2H3. The Hall–Kier alpha value is -0.740. The van der Waals surface area contributed by atoms with E-state index >= 15 is 0 Å². The molecule has 1 aliphatic heterocycles. The summed E-state index contributed by atoms with van der Waals surface area (Å²) in [5.74, 6) is 1.52. The third-order valence-electron chi connectivity index (χ3n) is 2.13. The summed E-state index contributed by atoms with van der Waals surface area (Å²) in [4.78, 5) is 0. The summed E-state index contributed by atoms with van der Waals surface area (Å²) in [5.41, 5.74) is 6.57. The largest absolute Gasteiger partial charge is 0.454 e. The lowest BCUT2D eigenvalue weighted by molar-refractivity contribution is 0.172. The molecule has 0 atom stereocenters. The zero-order chi connectivity index (χ0) is 10.3. The number of nitrogens with two attached hydrogens (primary N) is 1. The molecule has 2 rings (SSSR count). The molecule has 1 aliphatic rings. The first-order valence-corrected chi connectivity index (χ1v) is 5.17. The molecule has 76 valence electrons. The van der Waals surface area contributed by atoms with E-state index in [0.29, 0.717) is 0 Å². The summed E-state index contributed by atoms with van der Waals surface area (Å²) < 4.78 is 11.6. The van der Waals surface area contributed by atoms with E-state index < -0.39 is 5.54 Å². The Morgan fingerprint density at radius 2 is 2.07 bits per heavy atom. The van der Waals surface area contributed by atoms with Crippen molar-refractivity contribution >= 4 is 15.9 Å². The fourth-order valence-electron chi connectivity index (χ4n) is 1.55. The van der Waals surface area contributed by atoms with Gasteiger partial charge in [-0.3, -0.25) is 0 Å². The number of rotatable bonds is 1. The highest BCUT2D eigenvalue weighted by Crippen LogP contribution is 2.43. The van der Waals surface area contributed by atoms with E-state index in [2.05, 4.69) is 15.9 Å². The molecule has 0 amide bonds. The normalized spacial score (nSPS) is 14.6. The zero-order valence-electron chi connectivity index (χ0n) is 8.13. The maximum absolute atomic E-state index is 6.07. The average molecular weight is 258 g/mol. The van der Waals surface area contributed by atoms with Gasteiger partial charge in [0.1, 0.15) is 0 Å². The second kappa shape index (κ2) is 3.14.